The van der Waals surface area contributed by atoms with Crippen LogP contribution in [0.5, 0.6) is 11.5 Å². The van der Waals surface area contributed by atoms with Crippen LogP contribution < -0.4 is 10.1 Å². The second kappa shape index (κ2) is 9.55. The van der Waals surface area contributed by atoms with Crippen molar-refractivity contribution in [2.24, 2.45) is 5.92 Å². The number of amides is 2. The summed E-state index contributed by atoms with van der Waals surface area (Å²) in [7, 11) is 0. The molecule has 0 radical (unpaired) electrons. The van der Waals surface area contributed by atoms with Crippen LogP contribution in [0.2, 0.25) is 0 Å². The number of urea groups is 1. The van der Waals surface area contributed by atoms with Crippen LogP contribution in [0, 0.1) is 17.6 Å². The molecule has 1 aromatic heterocycles. The van der Waals surface area contributed by atoms with E-state index >= 15 is 0 Å². The Bertz CT molecular complexity index is 1040. The average Bonchev–Trinajstić information content (AvgIpc) is 2.77. The predicted molar refractivity (Wildman–Crippen MR) is 114 cm³/mol. The quantitative estimate of drug-likeness (QED) is 0.578. The molecule has 1 unspecified atom stereocenters. The second-order valence-electron chi connectivity index (χ2n) is 7.65. The van der Waals surface area contributed by atoms with Gasteiger partial charge in [-0.1, -0.05) is 12.1 Å². The molecule has 1 aliphatic heterocycles. The standard InChI is InChI=1S/C24H23F2N3O2/c25-19-6-8-20(9-7-19)31-21-5-1-3-17(14-21)13-18-4-2-12-29(16-18)24(30)28-23-15-27-11-10-22(23)26/h1,3,5-11,14-15,18H,2,4,12-13,16H2,(H,28,30). The molecule has 0 aliphatic carbocycles. The van der Waals surface area contributed by atoms with E-state index in [0.29, 0.717) is 30.5 Å². The summed E-state index contributed by atoms with van der Waals surface area (Å²) >= 11 is 0. The number of hydrogen-bond acceptors (Lipinski definition) is 3. The molecule has 2 aromatic carbocycles. The van der Waals surface area contributed by atoms with E-state index < -0.39 is 5.82 Å². The highest BCUT2D eigenvalue weighted by Crippen LogP contribution is 2.26. The summed E-state index contributed by atoms with van der Waals surface area (Å²) in [4.78, 5) is 18.1. The molecule has 1 N–H and O–H groups in total. The van der Waals surface area contributed by atoms with Crippen molar-refractivity contribution in [1.82, 2.24) is 9.88 Å². The number of hydrogen-bond donors (Lipinski definition) is 1. The van der Waals surface area contributed by atoms with Crippen LogP contribution in [0.3, 0.4) is 0 Å². The molecule has 1 atom stereocenters. The largest absolute Gasteiger partial charge is 0.457 e. The van der Waals surface area contributed by atoms with Gasteiger partial charge in [0.2, 0.25) is 0 Å². The van der Waals surface area contributed by atoms with Gasteiger partial charge in [-0.05, 0) is 73.2 Å². The molecule has 1 saturated heterocycles. The van der Waals surface area contributed by atoms with E-state index in [1.165, 1.54) is 30.6 Å². The van der Waals surface area contributed by atoms with Gasteiger partial charge in [-0.15, -0.1) is 0 Å². The third-order valence-corrected chi connectivity index (χ3v) is 5.29. The number of benzene rings is 2. The summed E-state index contributed by atoms with van der Waals surface area (Å²) in [5, 5.41) is 2.61. The van der Waals surface area contributed by atoms with Crippen LogP contribution in [-0.2, 0) is 6.42 Å². The lowest BCUT2D eigenvalue weighted by Crippen LogP contribution is -2.43. The highest BCUT2D eigenvalue weighted by molar-refractivity contribution is 5.89. The number of ether oxygens (including phenoxy) is 1. The SMILES string of the molecule is O=C(Nc1cnccc1F)N1CCCC(Cc2cccc(Oc3ccc(F)cc3)c2)C1. The van der Waals surface area contributed by atoms with Crippen molar-refractivity contribution < 1.29 is 18.3 Å². The van der Waals surface area contributed by atoms with Gasteiger partial charge < -0.3 is 15.0 Å². The zero-order valence-electron chi connectivity index (χ0n) is 16.9. The first-order valence-electron chi connectivity index (χ1n) is 10.2. The molecule has 1 fully saturated rings. The Kier molecular flexibility index (Phi) is 6.40. The summed E-state index contributed by atoms with van der Waals surface area (Å²) in [6.45, 7) is 1.23. The first kappa shape index (κ1) is 20.8. The van der Waals surface area contributed by atoms with E-state index in [-0.39, 0.29) is 17.5 Å². The summed E-state index contributed by atoms with van der Waals surface area (Å²) in [5.41, 5.74) is 1.19. The van der Waals surface area contributed by atoms with Crippen molar-refractivity contribution in [3.63, 3.8) is 0 Å². The summed E-state index contributed by atoms with van der Waals surface area (Å²) in [6.07, 6.45) is 5.34. The molecule has 160 valence electrons. The van der Waals surface area contributed by atoms with Crippen molar-refractivity contribution in [2.75, 3.05) is 18.4 Å². The minimum Gasteiger partial charge on any atom is -0.457 e. The number of likely N-dealkylation sites (tertiary alicyclic amines) is 1. The highest BCUT2D eigenvalue weighted by atomic mass is 19.1. The lowest BCUT2D eigenvalue weighted by molar-refractivity contribution is 0.177. The van der Waals surface area contributed by atoms with Crippen LogP contribution in [0.15, 0.2) is 67.0 Å². The Morgan fingerprint density at radius 1 is 1.13 bits per heavy atom. The van der Waals surface area contributed by atoms with Crippen molar-refractivity contribution in [3.05, 3.63) is 84.2 Å². The fourth-order valence-corrected chi connectivity index (χ4v) is 3.79. The highest BCUT2D eigenvalue weighted by Gasteiger charge is 2.24. The summed E-state index contributed by atoms with van der Waals surface area (Å²) < 4.78 is 32.7. The molecule has 0 spiro atoms. The van der Waals surface area contributed by atoms with Gasteiger partial charge in [0, 0.05) is 19.3 Å². The molecule has 1 aliphatic rings. The Labute approximate surface area is 179 Å². The first-order valence-corrected chi connectivity index (χ1v) is 10.2. The molecule has 3 aromatic rings. The second-order valence-corrected chi connectivity index (χ2v) is 7.65. The van der Waals surface area contributed by atoms with Gasteiger partial charge in [-0.2, -0.15) is 0 Å². The lowest BCUT2D eigenvalue weighted by atomic mass is 9.91. The molecule has 5 nitrogen and oxygen atoms in total. The van der Waals surface area contributed by atoms with Gasteiger partial charge in [0.1, 0.15) is 23.1 Å². The number of halogens is 2. The smallest absolute Gasteiger partial charge is 0.321 e. The van der Waals surface area contributed by atoms with Crippen molar-refractivity contribution in [2.45, 2.75) is 19.3 Å². The summed E-state index contributed by atoms with van der Waals surface area (Å²) in [6, 6.07) is 14.6. The van der Waals surface area contributed by atoms with Crippen LogP contribution in [0.25, 0.3) is 0 Å². The topological polar surface area (TPSA) is 54.5 Å². The molecule has 7 heteroatoms. The minimum atomic E-state index is -0.505. The number of carbonyl (C=O) groups is 1. The molecule has 2 heterocycles. The van der Waals surface area contributed by atoms with E-state index in [2.05, 4.69) is 10.3 Å². The number of rotatable bonds is 5. The third kappa shape index (κ3) is 5.57. The van der Waals surface area contributed by atoms with Gasteiger partial charge in [-0.3, -0.25) is 4.98 Å². The molecular weight excluding hydrogens is 400 g/mol. The van der Waals surface area contributed by atoms with Crippen LogP contribution in [0.1, 0.15) is 18.4 Å². The van der Waals surface area contributed by atoms with Crippen LogP contribution in [0.4, 0.5) is 19.3 Å². The maximum absolute atomic E-state index is 13.8. The van der Waals surface area contributed by atoms with Gasteiger partial charge >= 0.3 is 6.03 Å². The molecule has 2 amide bonds. The Balaban J connectivity index is 1.36. The normalized spacial score (nSPS) is 16.1. The average molecular weight is 423 g/mol. The van der Waals surface area contributed by atoms with E-state index in [1.807, 2.05) is 24.3 Å². The third-order valence-electron chi connectivity index (χ3n) is 5.29. The molecule has 0 saturated carbocycles. The molecule has 0 bridgehead atoms. The zero-order valence-corrected chi connectivity index (χ0v) is 16.9. The van der Waals surface area contributed by atoms with Crippen LogP contribution >= 0.6 is 0 Å². The van der Waals surface area contributed by atoms with Crippen molar-refractivity contribution >= 4 is 11.7 Å². The first-order chi connectivity index (χ1) is 15.1. The van der Waals surface area contributed by atoms with E-state index in [9.17, 15) is 13.6 Å². The number of anilines is 1. The minimum absolute atomic E-state index is 0.0836. The van der Waals surface area contributed by atoms with Gasteiger partial charge in [0.25, 0.3) is 0 Å². The number of pyridine rings is 1. The number of nitrogens with one attached hydrogen (secondary N) is 1. The maximum atomic E-state index is 13.8. The predicted octanol–water partition coefficient (Wildman–Crippen LogP) is 5.64. The fourth-order valence-electron chi connectivity index (χ4n) is 3.79. The Morgan fingerprint density at radius 3 is 2.77 bits per heavy atom. The van der Waals surface area contributed by atoms with Crippen molar-refractivity contribution in [1.29, 1.82) is 0 Å². The van der Waals surface area contributed by atoms with Crippen LogP contribution in [-0.4, -0.2) is 29.0 Å². The maximum Gasteiger partial charge on any atom is 0.321 e. The Hall–Kier alpha value is -3.48. The Morgan fingerprint density at radius 2 is 1.97 bits per heavy atom. The number of carbonyl (C=O) groups excluding carboxylic acids is 1. The number of piperidine rings is 1. The summed E-state index contributed by atoms with van der Waals surface area (Å²) in [5.74, 6) is 0.732. The number of aromatic nitrogens is 1. The molecule has 31 heavy (non-hydrogen) atoms. The zero-order chi connectivity index (χ0) is 21.6. The van der Waals surface area contributed by atoms with Gasteiger partial charge in [-0.25, -0.2) is 13.6 Å². The van der Waals surface area contributed by atoms with E-state index in [1.54, 1.807) is 17.0 Å². The number of nitrogens with zero attached hydrogens (tertiary/aromatic N) is 2. The molecule has 4 rings (SSSR count). The van der Waals surface area contributed by atoms with E-state index in [4.69, 9.17) is 4.74 Å². The van der Waals surface area contributed by atoms with Gasteiger partial charge in [0.05, 0.1) is 11.9 Å². The monoisotopic (exact) mass is 423 g/mol. The molecular formula is C24H23F2N3O2. The van der Waals surface area contributed by atoms with E-state index in [0.717, 1.165) is 24.8 Å². The fraction of sp³-hybridized carbons (Fsp3) is 0.250. The lowest BCUT2D eigenvalue weighted by Gasteiger charge is -2.33. The van der Waals surface area contributed by atoms with Crippen molar-refractivity contribution in [3.8, 4) is 11.5 Å². The van der Waals surface area contributed by atoms with Gasteiger partial charge in [0.15, 0.2) is 0 Å².